The largest absolute Gasteiger partial charge is 0.478 e. The normalized spacial score (nSPS) is 10.1. The number of aromatic nitrogens is 1. The van der Waals surface area contributed by atoms with Crippen molar-refractivity contribution in [3.05, 3.63) is 52.8 Å². The predicted molar refractivity (Wildman–Crippen MR) is 64.3 cm³/mol. The molecule has 4 heteroatoms. The van der Waals surface area contributed by atoms with Gasteiger partial charge in [-0.3, -0.25) is 4.98 Å². The Hall–Kier alpha value is -1.68. The van der Waals surface area contributed by atoms with E-state index < -0.39 is 5.97 Å². The van der Waals surface area contributed by atoms with Crippen LogP contribution in [-0.4, -0.2) is 16.1 Å². The number of rotatable bonds is 2. The third-order valence-electron chi connectivity index (χ3n) is 2.22. The van der Waals surface area contributed by atoms with E-state index in [0.29, 0.717) is 4.47 Å². The summed E-state index contributed by atoms with van der Waals surface area (Å²) in [4.78, 5) is 14.9. The van der Waals surface area contributed by atoms with Crippen molar-refractivity contribution >= 4 is 21.9 Å². The molecule has 0 amide bonds. The van der Waals surface area contributed by atoms with Gasteiger partial charge in [-0.25, -0.2) is 4.79 Å². The fourth-order valence-electron chi connectivity index (χ4n) is 1.45. The lowest BCUT2D eigenvalue weighted by atomic mass is 10.0. The van der Waals surface area contributed by atoms with Crippen molar-refractivity contribution in [1.82, 2.24) is 4.98 Å². The van der Waals surface area contributed by atoms with Crippen LogP contribution in [0.4, 0.5) is 0 Å². The molecule has 0 atom stereocenters. The van der Waals surface area contributed by atoms with Gasteiger partial charge in [0.1, 0.15) is 0 Å². The maximum absolute atomic E-state index is 11.0. The van der Waals surface area contributed by atoms with Gasteiger partial charge in [0, 0.05) is 16.9 Å². The van der Waals surface area contributed by atoms with E-state index in [1.165, 1.54) is 0 Å². The molecule has 16 heavy (non-hydrogen) atoms. The third kappa shape index (κ3) is 1.97. The molecule has 2 aromatic rings. The maximum Gasteiger partial charge on any atom is 0.336 e. The summed E-state index contributed by atoms with van der Waals surface area (Å²) in [5.41, 5.74) is 2.04. The number of hydrogen-bond acceptors (Lipinski definition) is 2. The van der Waals surface area contributed by atoms with Gasteiger partial charge in [-0.1, -0.05) is 12.1 Å². The van der Waals surface area contributed by atoms with Crippen LogP contribution in [0, 0.1) is 0 Å². The van der Waals surface area contributed by atoms with E-state index in [1.54, 1.807) is 24.5 Å². The molecular formula is C12H8BrNO2. The zero-order chi connectivity index (χ0) is 11.5. The number of nitrogens with zero attached hydrogens (tertiary/aromatic N) is 1. The summed E-state index contributed by atoms with van der Waals surface area (Å²) in [6.07, 6.45) is 3.35. The van der Waals surface area contributed by atoms with Crippen molar-refractivity contribution in [2.75, 3.05) is 0 Å². The maximum atomic E-state index is 11.0. The summed E-state index contributed by atoms with van der Waals surface area (Å²) in [5, 5.41) is 8.99. The van der Waals surface area contributed by atoms with Crippen molar-refractivity contribution in [3.8, 4) is 11.1 Å². The van der Waals surface area contributed by atoms with Crippen molar-refractivity contribution in [2.45, 2.75) is 0 Å². The van der Waals surface area contributed by atoms with Crippen molar-refractivity contribution in [3.63, 3.8) is 0 Å². The van der Waals surface area contributed by atoms with Crippen LogP contribution < -0.4 is 0 Å². The van der Waals surface area contributed by atoms with Crippen LogP contribution in [0.25, 0.3) is 11.1 Å². The summed E-state index contributed by atoms with van der Waals surface area (Å²) in [6.45, 7) is 0. The first-order chi connectivity index (χ1) is 7.70. The minimum Gasteiger partial charge on any atom is -0.478 e. The van der Waals surface area contributed by atoms with E-state index in [0.717, 1.165) is 11.1 Å². The smallest absolute Gasteiger partial charge is 0.336 e. The average molecular weight is 278 g/mol. The first-order valence-corrected chi connectivity index (χ1v) is 5.41. The van der Waals surface area contributed by atoms with E-state index in [4.69, 9.17) is 5.11 Å². The lowest BCUT2D eigenvalue weighted by Crippen LogP contribution is -1.98. The second-order valence-electron chi connectivity index (χ2n) is 3.21. The summed E-state index contributed by atoms with van der Waals surface area (Å²) < 4.78 is 0.591. The summed E-state index contributed by atoms with van der Waals surface area (Å²) in [7, 11) is 0. The molecule has 2 rings (SSSR count). The van der Waals surface area contributed by atoms with Crippen LogP contribution in [0.1, 0.15) is 10.4 Å². The van der Waals surface area contributed by atoms with E-state index in [-0.39, 0.29) is 5.56 Å². The SMILES string of the molecule is O=C(O)c1cccc(-c2ccncc2)c1Br. The van der Waals surface area contributed by atoms with Gasteiger partial charge in [-0.05, 0) is 45.3 Å². The molecular weight excluding hydrogens is 270 g/mol. The van der Waals surface area contributed by atoms with E-state index >= 15 is 0 Å². The van der Waals surface area contributed by atoms with Gasteiger partial charge >= 0.3 is 5.97 Å². The van der Waals surface area contributed by atoms with Crippen molar-refractivity contribution in [2.24, 2.45) is 0 Å². The lowest BCUT2D eigenvalue weighted by Gasteiger charge is -2.06. The summed E-state index contributed by atoms with van der Waals surface area (Å²) >= 11 is 3.32. The molecule has 0 bridgehead atoms. The number of pyridine rings is 1. The highest BCUT2D eigenvalue weighted by Crippen LogP contribution is 2.30. The molecule has 0 saturated heterocycles. The third-order valence-corrected chi connectivity index (χ3v) is 3.07. The molecule has 0 spiro atoms. The van der Waals surface area contributed by atoms with Gasteiger partial charge < -0.3 is 5.11 Å². The predicted octanol–water partition coefficient (Wildman–Crippen LogP) is 3.21. The fourth-order valence-corrected chi connectivity index (χ4v) is 2.11. The Labute approximate surface area is 101 Å². The van der Waals surface area contributed by atoms with Crippen LogP contribution in [-0.2, 0) is 0 Å². The zero-order valence-corrected chi connectivity index (χ0v) is 9.81. The molecule has 0 unspecified atom stereocenters. The van der Waals surface area contributed by atoms with Gasteiger partial charge in [0.25, 0.3) is 0 Å². The number of carbonyl (C=O) groups is 1. The van der Waals surface area contributed by atoms with E-state index in [1.807, 2.05) is 18.2 Å². The highest BCUT2D eigenvalue weighted by Gasteiger charge is 2.12. The molecule has 0 aliphatic rings. The Kier molecular flexibility index (Phi) is 3.01. The van der Waals surface area contributed by atoms with Gasteiger partial charge in [0.05, 0.1) is 5.56 Å². The molecule has 0 fully saturated rings. The first-order valence-electron chi connectivity index (χ1n) is 4.62. The molecule has 0 radical (unpaired) electrons. The molecule has 1 aromatic heterocycles. The minimum atomic E-state index is -0.942. The molecule has 1 aromatic carbocycles. The van der Waals surface area contributed by atoms with Gasteiger partial charge in [-0.15, -0.1) is 0 Å². The van der Waals surface area contributed by atoms with Crippen LogP contribution in [0.3, 0.4) is 0 Å². The molecule has 1 heterocycles. The molecule has 1 N–H and O–H groups in total. The van der Waals surface area contributed by atoms with Gasteiger partial charge in [0.15, 0.2) is 0 Å². The topological polar surface area (TPSA) is 50.2 Å². The number of halogens is 1. The number of carboxylic acids is 1. The van der Waals surface area contributed by atoms with Crippen molar-refractivity contribution < 1.29 is 9.90 Å². The van der Waals surface area contributed by atoms with Crippen LogP contribution in [0.2, 0.25) is 0 Å². The second kappa shape index (κ2) is 4.45. The monoisotopic (exact) mass is 277 g/mol. The Balaban J connectivity index is 2.59. The number of carboxylic acid groups (broad SMARTS) is 1. The fraction of sp³-hybridized carbons (Fsp3) is 0. The Bertz CT molecular complexity index is 526. The second-order valence-corrected chi connectivity index (χ2v) is 4.00. The zero-order valence-electron chi connectivity index (χ0n) is 8.22. The lowest BCUT2D eigenvalue weighted by molar-refractivity contribution is 0.0696. The minimum absolute atomic E-state index is 0.259. The molecule has 80 valence electrons. The summed E-state index contributed by atoms with van der Waals surface area (Å²) in [5.74, 6) is -0.942. The first kappa shape index (κ1) is 10.8. The van der Waals surface area contributed by atoms with Crippen LogP contribution in [0.15, 0.2) is 47.2 Å². The van der Waals surface area contributed by atoms with Crippen LogP contribution >= 0.6 is 15.9 Å². The standard InChI is InChI=1S/C12H8BrNO2/c13-11-9(8-4-6-14-7-5-8)2-1-3-10(11)12(15)16/h1-7H,(H,15,16). The van der Waals surface area contributed by atoms with Crippen LogP contribution in [0.5, 0.6) is 0 Å². The Morgan fingerprint density at radius 2 is 1.88 bits per heavy atom. The van der Waals surface area contributed by atoms with Crippen molar-refractivity contribution in [1.29, 1.82) is 0 Å². The summed E-state index contributed by atoms with van der Waals surface area (Å²) in [6, 6.07) is 8.84. The van der Waals surface area contributed by atoms with E-state index in [2.05, 4.69) is 20.9 Å². The molecule has 3 nitrogen and oxygen atoms in total. The average Bonchev–Trinajstić information content (AvgIpc) is 2.30. The number of benzene rings is 1. The number of hydrogen-bond donors (Lipinski definition) is 1. The molecule has 0 aliphatic heterocycles. The van der Waals surface area contributed by atoms with Gasteiger partial charge in [-0.2, -0.15) is 0 Å². The highest BCUT2D eigenvalue weighted by atomic mass is 79.9. The Morgan fingerprint density at radius 3 is 2.50 bits per heavy atom. The molecule has 0 aliphatic carbocycles. The van der Waals surface area contributed by atoms with E-state index in [9.17, 15) is 4.79 Å². The quantitative estimate of drug-likeness (QED) is 0.917. The molecule has 0 saturated carbocycles. The highest BCUT2D eigenvalue weighted by molar-refractivity contribution is 9.10. The Morgan fingerprint density at radius 1 is 1.19 bits per heavy atom. The van der Waals surface area contributed by atoms with Gasteiger partial charge in [0.2, 0.25) is 0 Å². The number of aromatic carboxylic acids is 1.